The number of benzene rings is 1. The molecule has 1 aromatic carbocycles. The number of aromatic nitrogens is 4. The van der Waals surface area contributed by atoms with E-state index in [1.807, 2.05) is 0 Å². The summed E-state index contributed by atoms with van der Waals surface area (Å²) in [6.07, 6.45) is -4.45. The Hall–Kier alpha value is -2.75. The van der Waals surface area contributed by atoms with Gasteiger partial charge in [-0.15, -0.1) is 0 Å². The molecule has 3 aromatic rings. The molecule has 0 spiro atoms. The zero-order valence-electron chi connectivity index (χ0n) is 12.8. The van der Waals surface area contributed by atoms with E-state index in [-0.39, 0.29) is 28.6 Å². The van der Waals surface area contributed by atoms with Crippen molar-refractivity contribution < 1.29 is 18.0 Å². The van der Waals surface area contributed by atoms with Crippen molar-refractivity contribution in [2.45, 2.75) is 12.7 Å². The molecule has 0 saturated heterocycles. The number of anilines is 1. The minimum Gasteiger partial charge on any atom is -0.381 e. The van der Waals surface area contributed by atoms with Gasteiger partial charge >= 0.3 is 6.18 Å². The molecule has 3 rings (SSSR count). The lowest BCUT2D eigenvalue weighted by atomic mass is 10.2. The first-order valence-corrected chi connectivity index (χ1v) is 7.36. The van der Waals surface area contributed by atoms with Crippen LogP contribution in [-0.2, 0) is 19.8 Å². The topological polar surface area (TPSA) is 102 Å². The maximum Gasteiger partial charge on any atom is 0.416 e. The highest BCUT2D eigenvalue weighted by molar-refractivity contribution is 6.35. The van der Waals surface area contributed by atoms with Crippen LogP contribution in [0.2, 0.25) is 5.02 Å². The Morgan fingerprint density at radius 2 is 2.16 bits per heavy atom. The first-order valence-electron chi connectivity index (χ1n) is 6.98. The van der Waals surface area contributed by atoms with E-state index in [0.29, 0.717) is 11.3 Å². The number of carbonyl (C=O) groups is 1. The first-order chi connectivity index (χ1) is 11.7. The van der Waals surface area contributed by atoms with E-state index in [2.05, 4.69) is 20.5 Å². The molecule has 0 aliphatic carbocycles. The van der Waals surface area contributed by atoms with Gasteiger partial charge in [-0.3, -0.25) is 9.89 Å². The molecule has 2 heterocycles. The fraction of sp³-hybridized carbons (Fsp3) is 0.214. The minimum atomic E-state index is -4.45. The van der Waals surface area contributed by atoms with Crippen LogP contribution in [0, 0.1) is 0 Å². The Morgan fingerprint density at radius 3 is 2.76 bits per heavy atom. The molecule has 0 radical (unpaired) electrons. The number of fused-ring (bicyclic) bond motifs is 1. The van der Waals surface area contributed by atoms with Crippen LogP contribution >= 0.6 is 11.6 Å². The maximum atomic E-state index is 12.8. The van der Waals surface area contributed by atoms with Crippen LogP contribution in [0.5, 0.6) is 0 Å². The Morgan fingerprint density at radius 1 is 1.44 bits per heavy atom. The molecule has 2 aromatic heterocycles. The zero-order valence-corrected chi connectivity index (χ0v) is 13.5. The van der Waals surface area contributed by atoms with Crippen molar-refractivity contribution in [2.24, 2.45) is 7.05 Å². The lowest BCUT2D eigenvalue weighted by Gasteiger charge is -2.06. The van der Waals surface area contributed by atoms with Crippen molar-refractivity contribution >= 4 is 34.4 Å². The van der Waals surface area contributed by atoms with Crippen LogP contribution in [0.4, 0.5) is 19.0 Å². The number of halogens is 4. The predicted molar refractivity (Wildman–Crippen MR) is 84.9 cm³/mol. The molecule has 4 N–H and O–H groups in total. The van der Waals surface area contributed by atoms with Crippen molar-refractivity contribution in [1.82, 2.24) is 25.1 Å². The SMILES string of the molecule is Cn1c(CNC(=O)c2[nH]nc(N)c2Cl)nc2cc(C(F)(F)F)ccc21. The number of imidazole rings is 1. The maximum absolute atomic E-state index is 12.8. The van der Waals surface area contributed by atoms with E-state index in [1.54, 1.807) is 11.6 Å². The Balaban J connectivity index is 1.83. The summed E-state index contributed by atoms with van der Waals surface area (Å²) in [4.78, 5) is 16.2. The Kier molecular flexibility index (Phi) is 4.07. The number of amides is 1. The summed E-state index contributed by atoms with van der Waals surface area (Å²) in [6.45, 7) is -0.0133. The number of hydrogen-bond acceptors (Lipinski definition) is 4. The summed E-state index contributed by atoms with van der Waals surface area (Å²) in [5, 5.41) is 8.57. The quantitative estimate of drug-likeness (QED) is 0.657. The summed E-state index contributed by atoms with van der Waals surface area (Å²) >= 11 is 5.83. The smallest absolute Gasteiger partial charge is 0.381 e. The largest absolute Gasteiger partial charge is 0.416 e. The Labute approximate surface area is 144 Å². The van der Waals surface area contributed by atoms with Gasteiger partial charge in [-0.2, -0.15) is 18.3 Å². The van der Waals surface area contributed by atoms with Crippen LogP contribution in [-0.4, -0.2) is 25.7 Å². The van der Waals surface area contributed by atoms with E-state index >= 15 is 0 Å². The summed E-state index contributed by atoms with van der Waals surface area (Å²) < 4.78 is 39.9. The van der Waals surface area contributed by atoms with Crippen LogP contribution in [0.3, 0.4) is 0 Å². The van der Waals surface area contributed by atoms with Gasteiger partial charge in [0.2, 0.25) is 0 Å². The molecule has 0 atom stereocenters. The number of nitrogens with two attached hydrogens (primary N) is 1. The standard InChI is InChI=1S/C14H12ClF3N6O/c1-24-8-3-2-6(14(16,17)18)4-7(8)21-9(24)5-20-13(25)11-10(15)12(19)23-22-11/h2-4H,5H2,1H3,(H,20,25)(H3,19,22,23). The highest BCUT2D eigenvalue weighted by Crippen LogP contribution is 2.31. The monoisotopic (exact) mass is 372 g/mol. The first kappa shape index (κ1) is 17.1. The van der Waals surface area contributed by atoms with Crippen molar-refractivity contribution in [3.63, 3.8) is 0 Å². The second-order valence-corrected chi connectivity index (χ2v) is 5.65. The normalized spacial score (nSPS) is 11.9. The number of rotatable bonds is 3. The molecular weight excluding hydrogens is 361 g/mol. The summed E-state index contributed by atoms with van der Waals surface area (Å²) in [5.74, 6) is -0.183. The van der Waals surface area contributed by atoms with Crippen LogP contribution in [0.1, 0.15) is 21.9 Å². The second-order valence-electron chi connectivity index (χ2n) is 5.27. The zero-order chi connectivity index (χ0) is 18.4. The van der Waals surface area contributed by atoms with Gasteiger partial charge in [0.15, 0.2) is 5.82 Å². The third-order valence-electron chi connectivity index (χ3n) is 3.67. The Bertz CT molecular complexity index is 962. The van der Waals surface area contributed by atoms with Crippen LogP contribution in [0.15, 0.2) is 18.2 Å². The second kappa shape index (κ2) is 5.96. The van der Waals surface area contributed by atoms with E-state index in [9.17, 15) is 18.0 Å². The summed E-state index contributed by atoms with van der Waals surface area (Å²) in [6, 6.07) is 3.29. The molecule has 11 heteroatoms. The van der Waals surface area contributed by atoms with E-state index < -0.39 is 17.6 Å². The number of nitrogens with one attached hydrogen (secondary N) is 2. The molecule has 0 saturated carbocycles. The predicted octanol–water partition coefficient (Wildman–Crippen LogP) is 2.48. The number of carbonyl (C=O) groups excluding carboxylic acids is 1. The van der Waals surface area contributed by atoms with Gasteiger partial charge in [0.1, 0.15) is 16.5 Å². The third-order valence-corrected chi connectivity index (χ3v) is 4.05. The number of nitrogens with zero attached hydrogens (tertiary/aromatic N) is 3. The molecule has 0 fully saturated rings. The molecule has 0 aliphatic rings. The van der Waals surface area contributed by atoms with E-state index in [0.717, 1.165) is 12.1 Å². The van der Waals surface area contributed by atoms with Crippen molar-refractivity contribution in [3.8, 4) is 0 Å². The number of aryl methyl sites for hydroxylation is 1. The lowest BCUT2D eigenvalue weighted by molar-refractivity contribution is -0.137. The van der Waals surface area contributed by atoms with Gasteiger partial charge < -0.3 is 15.6 Å². The average Bonchev–Trinajstić information content (AvgIpc) is 3.05. The summed E-state index contributed by atoms with van der Waals surface area (Å²) in [5.41, 5.74) is 5.36. The number of H-pyrrole nitrogens is 1. The minimum absolute atomic E-state index is 0.00248. The van der Waals surface area contributed by atoms with Gasteiger partial charge in [-0.1, -0.05) is 11.6 Å². The van der Waals surface area contributed by atoms with Crippen LogP contribution < -0.4 is 11.1 Å². The molecule has 132 valence electrons. The molecule has 1 amide bonds. The van der Waals surface area contributed by atoms with Crippen molar-refractivity contribution in [3.05, 3.63) is 40.3 Å². The van der Waals surface area contributed by atoms with E-state index in [4.69, 9.17) is 17.3 Å². The number of hydrogen-bond donors (Lipinski definition) is 3. The molecule has 0 bridgehead atoms. The highest BCUT2D eigenvalue weighted by atomic mass is 35.5. The van der Waals surface area contributed by atoms with Gasteiger partial charge in [-0.05, 0) is 18.2 Å². The van der Waals surface area contributed by atoms with Crippen molar-refractivity contribution in [1.29, 1.82) is 0 Å². The van der Waals surface area contributed by atoms with Gasteiger partial charge in [0, 0.05) is 7.05 Å². The fourth-order valence-corrected chi connectivity index (χ4v) is 2.50. The molecule has 0 aliphatic heterocycles. The number of aromatic amines is 1. The van der Waals surface area contributed by atoms with Gasteiger partial charge in [0.25, 0.3) is 5.91 Å². The fourth-order valence-electron chi connectivity index (χ4n) is 2.32. The molecule has 0 unspecified atom stereocenters. The van der Waals surface area contributed by atoms with Crippen molar-refractivity contribution in [2.75, 3.05) is 5.73 Å². The number of alkyl halides is 3. The summed E-state index contributed by atoms with van der Waals surface area (Å²) in [7, 11) is 1.64. The highest BCUT2D eigenvalue weighted by Gasteiger charge is 2.31. The molecule has 25 heavy (non-hydrogen) atoms. The molecular formula is C14H12ClF3N6O. The third kappa shape index (κ3) is 3.12. The van der Waals surface area contributed by atoms with Crippen LogP contribution in [0.25, 0.3) is 11.0 Å². The average molecular weight is 373 g/mol. The van der Waals surface area contributed by atoms with E-state index in [1.165, 1.54) is 6.07 Å². The number of nitrogen functional groups attached to an aromatic ring is 1. The van der Waals surface area contributed by atoms with Gasteiger partial charge in [-0.25, -0.2) is 4.98 Å². The van der Waals surface area contributed by atoms with Gasteiger partial charge in [0.05, 0.1) is 23.1 Å². The lowest BCUT2D eigenvalue weighted by Crippen LogP contribution is -2.25. The molecule has 7 nitrogen and oxygen atoms in total.